The average molecular weight is 239 g/mol. The van der Waals surface area contributed by atoms with Crippen molar-refractivity contribution in [2.45, 2.75) is 30.5 Å². The molecule has 1 aromatic carbocycles. The van der Waals surface area contributed by atoms with Crippen LogP contribution in [0, 0.1) is 5.92 Å². The quantitative estimate of drug-likeness (QED) is 0.686. The van der Waals surface area contributed by atoms with Crippen LogP contribution >= 0.6 is 15.9 Å². The van der Waals surface area contributed by atoms with Crippen molar-refractivity contribution in [3.8, 4) is 0 Å². The van der Waals surface area contributed by atoms with Gasteiger partial charge in [0.1, 0.15) is 0 Å². The first-order valence-corrected chi connectivity index (χ1v) is 5.97. The van der Waals surface area contributed by atoms with Crippen molar-refractivity contribution < 1.29 is 0 Å². The van der Waals surface area contributed by atoms with E-state index in [9.17, 15) is 0 Å². The van der Waals surface area contributed by atoms with Crippen LogP contribution in [0.15, 0.2) is 30.3 Å². The highest BCUT2D eigenvalue weighted by Crippen LogP contribution is 2.38. The molecular weight excluding hydrogens is 224 g/mol. The molecule has 13 heavy (non-hydrogen) atoms. The van der Waals surface area contributed by atoms with E-state index in [1.807, 2.05) is 0 Å². The van der Waals surface area contributed by atoms with Crippen LogP contribution in [0.4, 0.5) is 0 Å². The van der Waals surface area contributed by atoms with Crippen LogP contribution < -0.4 is 0 Å². The van der Waals surface area contributed by atoms with E-state index in [0.29, 0.717) is 4.83 Å². The molecule has 0 saturated heterocycles. The summed E-state index contributed by atoms with van der Waals surface area (Å²) in [4.78, 5) is 0.564. The fourth-order valence-electron chi connectivity index (χ4n) is 1.62. The Hall–Kier alpha value is -0.300. The predicted molar refractivity (Wildman–Crippen MR) is 60.1 cm³/mol. The summed E-state index contributed by atoms with van der Waals surface area (Å²) in [5.41, 5.74) is 1.42. The molecule has 1 heteroatoms. The smallest absolute Gasteiger partial charge is 0.0395 e. The van der Waals surface area contributed by atoms with Crippen LogP contribution in [0.25, 0.3) is 0 Å². The number of benzene rings is 1. The Morgan fingerprint density at radius 1 is 1.23 bits per heavy atom. The van der Waals surface area contributed by atoms with Crippen molar-refractivity contribution in [1.82, 2.24) is 0 Å². The van der Waals surface area contributed by atoms with Gasteiger partial charge in [-0.1, -0.05) is 59.1 Å². The molecule has 0 amide bonds. The molecule has 0 radical (unpaired) electrons. The summed E-state index contributed by atoms with van der Waals surface area (Å²) >= 11 is 3.74. The lowest BCUT2D eigenvalue weighted by atomic mass is 10.1. The van der Waals surface area contributed by atoms with Gasteiger partial charge in [0.25, 0.3) is 0 Å². The second kappa shape index (κ2) is 4.28. The summed E-state index contributed by atoms with van der Waals surface area (Å²) < 4.78 is 0. The topological polar surface area (TPSA) is 0 Å². The van der Waals surface area contributed by atoms with E-state index >= 15 is 0 Å². The summed E-state index contributed by atoms with van der Waals surface area (Å²) in [5.74, 6) is 1.05. The lowest BCUT2D eigenvalue weighted by Gasteiger charge is -2.08. The first kappa shape index (κ1) is 9.26. The second-order valence-corrected chi connectivity index (χ2v) is 5.00. The Balaban J connectivity index is 1.85. The molecule has 1 unspecified atom stereocenters. The Morgan fingerprint density at radius 2 is 1.92 bits per heavy atom. The molecule has 2 rings (SSSR count). The highest BCUT2D eigenvalue weighted by molar-refractivity contribution is 9.09. The third-order valence-corrected chi connectivity index (χ3v) is 3.67. The van der Waals surface area contributed by atoms with Gasteiger partial charge in [-0.15, -0.1) is 0 Å². The van der Waals surface area contributed by atoms with Gasteiger partial charge in [0.15, 0.2) is 0 Å². The van der Waals surface area contributed by atoms with E-state index in [2.05, 4.69) is 46.3 Å². The molecule has 0 spiro atoms. The monoisotopic (exact) mass is 238 g/mol. The van der Waals surface area contributed by atoms with E-state index in [0.717, 1.165) is 5.92 Å². The van der Waals surface area contributed by atoms with Crippen LogP contribution in [-0.4, -0.2) is 0 Å². The van der Waals surface area contributed by atoms with Crippen LogP contribution in [0.5, 0.6) is 0 Å². The maximum absolute atomic E-state index is 3.74. The van der Waals surface area contributed by atoms with Gasteiger partial charge in [0.05, 0.1) is 0 Å². The van der Waals surface area contributed by atoms with Gasteiger partial charge in [-0.25, -0.2) is 0 Å². The van der Waals surface area contributed by atoms with E-state index in [1.54, 1.807) is 0 Å². The van der Waals surface area contributed by atoms with Gasteiger partial charge < -0.3 is 0 Å². The Bertz CT molecular complexity index is 251. The van der Waals surface area contributed by atoms with E-state index in [-0.39, 0.29) is 0 Å². The standard InChI is InChI=1S/C12H15Br/c13-12(9-8-10-6-7-10)11-4-2-1-3-5-11/h1-5,10,12H,6-9H2. The van der Waals surface area contributed by atoms with Gasteiger partial charge >= 0.3 is 0 Å². The molecule has 1 fully saturated rings. The molecule has 1 aliphatic carbocycles. The molecule has 0 nitrogen and oxygen atoms in total. The van der Waals surface area contributed by atoms with Gasteiger partial charge in [0.2, 0.25) is 0 Å². The average Bonchev–Trinajstić information content (AvgIpc) is 2.99. The summed E-state index contributed by atoms with van der Waals surface area (Å²) in [6, 6.07) is 10.7. The predicted octanol–water partition coefficient (Wildman–Crippen LogP) is 4.31. The van der Waals surface area contributed by atoms with Crippen LogP contribution in [0.2, 0.25) is 0 Å². The summed E-state index contributed by atoms with van der Waals surface area (Å²) in [5, 5.41) is 0. The maximum Gasteiger partial charge on any atom is 0.0395 e. The summed E-state index contributed by atoms with van der Waals surface area (Å²) in [6.07, 6.45) is 5.61. The SMILES string of the molecule is BrC(CCC1CC1)c1ccccc1. The number of hydrogen-bond donors (Lipinski definition) is 0. The van der Waals surface area contributed by atoms with Crippen molar-refractivity contribution in [3.63, 3.8) is 0 Å². The van der Waals surface area contributed by atoms with Gasteiger partial charge in [-0.3, -0.25) is 0 Å². The number of hydrogen-bond acceptors (Lipinski definition) is 0. The Labute approximate surface area is 88.5 Å². The van der Waals surface area contributed by atoms with Crippen molar-refractivity contribution in [3.05, 3.63) is 35.9 Å². The molecular formula is C12H15Br. The van der Waals surface area contributed by atoms with E-state index in [4.69, 9.17) is 0 Å². The Morgan fingerprint density at radius 3 is 2.54 bits per heavy atom. The molecule has 1 aliphatic rings. The van der Waals surface area contributed by atoms with Crippen LogP contribution in [0.1, 0.15) is 36.1 Å². The molecule has 1 atom stereocenters. The highest BCUT2D eigenvalue weighted by Gasteiger charge is 2.22. The second-order valence-electron chi connectivity index (χ2n) is 3.90. The largest absolute Gasteiger partial charge is 0.0839 e. The van der Waals surface area contributed by atoms with Gasteiger partial charge in [-0.05, 0) is 24.3 Å². The minimum absolute atomic E-state index is 0.564. The minimum Gasteiger partial charge on any atom is -0.0839 e. The molecule has 0 heterocycles. The molecule has 0 aliphatic heterocycles. The normalized spacial score (nSPS) is 18.5. The number of alkyl halides is 1. The number of halogens is 1. The lowest BCUT2D eigenvalue weighted by molar-refractivity contribution is 0.663. The number of rotatable bonds is 4. The van der Waals surface area contributed by atoms with Crippen molar-refractivity contribution in [1.29, 1.82) is 0 Å². The molecule has 1 saturated carbocycles. The third kappa shape index (κ3) is 2.84. The van der Waals surface area contributed by atoms with Crippen LogP contribution in [-0.2, 0) is 0 Å². The maximum atomic E-state index is 3.74. The molecule has 0 N–H and O–H groups in total. The molecule has 0 aromatic heterocycles. The first-order valence-electron chi connectivity index (χ1n) is 5.05. The third-order valence-electron chi connectivity index (χ3n) is 2.69. The van der Waals surface area contributed by atoms with E-state index in [1.165, 1.54) is 31.2 Å². The molecule has 0 bridgehead atoms. The summed E-state index contributed by atoms with van der Waals surface area (Å²) in [6.45, 7) is 0. The first-order chi connectivity index (χ1) is 6.36. The zero-order chi connectivity index (χ0) is 9.10. The Kier molecular flexibility index (Phi) is 3.05. The zero-order valence-corrected chi connectivity index (χ0v) is 9.33. The van der Waals surface area contributed by atoms with E-state index < -0.39 is 0 Å². The fraction of sp³-hybridized carbons (Fsp3) is 0.500. The minimum atomic E-state index is 0.564. The van der Waals surface area contributed by atoms with Gasteiger partial charge in [-0.2, -0.15) is 0 Å². The summed E-state index contributed by atoms with van der Waals surface area (Å²) in [7, 11) is 0. The zero-order valence-electron chi connectivity index (χ0n) is 7.75. The fourth-order valence-corrected chi connectivity index (χ4v) is 2.19. The lowest BCUT2D eigenvalue weighted by Crippen LogP contribution is -1.90. The highest BCUT2D eigenvalue weighted by atomic mass is 79.9. The van der Waals surface area contributed by atoms with Crippen molar-refractivity contribution in [2.75, 3.05) is 0 Å². The van der Waals surface area contributed by atoms with Crippen molar-refractivity contribution >= 4 is 15.9 Å². The van der Waals surface area contributed by atoms with Gasteiger partial charge in [0, 0.05) is 4.83 Å². The van der Waals surface area contributed by atoms with Crippen molar-refractivity contribution in [2.24, 2.45) is 5.92 Å². The molecule has 70 valence electrons. The molecule has 1 aromatic rings. The van der Waals surface area contributed by atoms with Crippen LogP contribution in [0.3, 0.4) is 0 Å².